The van der Waals surface area contributed by atoms with Gasteiger partial charge in [0.15, 0.2) is 0 Å². The molecule has 7 heteroatoms. The Morgan fingerprint density at radius 3 is 2.46 bits per heavy atom. The van der Waals surface area contributed by atoms with E-state index < -0.39 is 0 Å². The summed E-state index contributed by atoms with van der Waals surface area (Å²) in [5.74, 6) is -0.813. The van der Waals surface area contributed by atoms with Gasteiger partial charge in [-0.1, -0.05) is 24.3 Å². The number of hydrogen-bond donors (Lipinski definition) is 1. The Morgan fingerprint density at radius 1 is 1.11 bits per heavy atom. The van der Waals surface area contributed by atoms with Crippen molar-refractivity contribution in [2.45, 2.75) is 13.5 Å². The lowest BCUT2D eigenvalue weighted by atomic mass is 10.2. The highest BCUT2D eigenvalue weighted by Crippen LogP contribution is 2.30. The summed E-state index contributed by atoms with van der Waals surface area (Å²) in [5, 5.41) is 2.78. The molecule has 0 aliphatic carbocycles. The van der Waals surface area contributed by atoms with Crippen molar-refractivity contribution in [3.8, 4) is 0 Å². The van der Waals surface area contributed by atoms with Crippen molar-refractivity contribution in [3.63, 3.8) is 0 Å². The number of nitrogens with zero attached hydrogens (tertiary/aromatic N) is 2. The second kappa shape index (κ2) is 9.32. The molecule has 1 heterocycles. The summed E-state index contributed by atoms with van der Waals surface area (Å²) in [6.07, 6.45) is 0. The number of amides is 2. The first-order valence-corrected chi connectivity index (χ1v) is 9.25. The number of ether oxygens (including phenoxy) is 1. The standard InChI is InChI=1S/C21H24FN3O3/c1-16(26)25(15-21(27)23-14-17-6-8-18(22)9-7-17)20-5-3-2-4-19(20)24-10-12-28-13-11-24/h2-9H,10-15H2,1H3,(H,23,27). The number of rotatable bonds is 6. The molecule has 0 spiro atoms. The van der Waals surface area contributed by atoms with Gasteiger partial charge in [-0.15, -0.1) is 0 Å². The zero-order valence-electron chi connectivity index (χ0n) is 15.9. The van der Waals surface area contributed by atoms with Crippen molar-refractivity contribution >= 4 is 23.2 Å². The Balaban J connectivity index is 1.70. The Morgan fingerprint density at radius 2 is 1.79 bits per heavy atom. The number of para-hydroxylation sites is 2. The van der Waals surface area contributed by atoms with E-state index in [4.69, 9.17) is 4.74 Å². The molecule has 0 radical (unpaired) electrons. The van der Waals surface area contributed by atoms with Gasteiger partial charge in [0.2, 0.25) is 11.8 Å². The van der Waals surface area contributed by atoms with Crippen LogP contribution in [0.5, 0.6) is 0 Å². The monoisotopic (exact) mass is 385 g/mol. The minimum absolute atomic E-state index is 0.0854. The molecule has 2 aromatic carbocycles. The van der Waals surface area contributed by atoms with Gasteiger partial charge < -0.3 is 19.9 Å². The number of nitrogens with one attached hydrogen (secondary N) is 1. The second-order valence-electron chi connectivity index (χ2n) is 6.60. The van der Waals surface area contributed by atoms with E-state index in [1.807, 2.05) is 24.3 Å². The number of benzene rings is 2. The fraction of sp³-hybridized carbons (Fsp3) is 0.333. The fourth-order valence-electron chi connectivity index (χ4n) is 3.13. The first-order valence-electron chi connectivity index (χ1n) is 9.25. The van der Waals surface area contributed by atoms with Crippen LogP contribution in [0, 0.1) is 5.82 Å². The number of hydrogen-bond acceptors (Lipinski definition) is 4. The Bertz CT molecular complexity index is 820. The maximum absolute atomic E-state index is 13.0. The van der Waals surface area contributed by atoms with Crippen LogP contribution in [0.1, 0.15) is 12.5 Å². The van der Waals surface area contributed by atoms with E-state index in [1.165, 1.54) is 24.0 Å². The minimum Gasteiger partial charge on any atom is -0.378 e. The quantitative estimate of drug-likeness (QED) is 0.829. The van der Waals surface area contributed by atoms with Crippen LogP contribution in [0.4, 0.5) is 15.8 Å². The summed E-state index contributed by atoms with van der Waals surface area (Å²) in [5.41, 5.74) is 2.40. The van der Waals surface area contributed by atoms with Gasteiger partial charge in [0.25, 0.3) is 0 Å². The number of carbonyl (C=O) groups excluding carboxylic acids is 2. The lowest BCUT2D eigenvalue weighted by Gasteiger charge is -2.33. The van der Waals surface area contributed by atoms with Gasteiger partial charge in [0.05, 0.1) is 24.6 Å². The van der Waals surface area contributed by atoms with Crippen molar-refractivity contribution in [2.24, 2.45) is 0 Å². The lowest BCUT2D eigenvalue weighted by molar-refractivity contribution is -0.123. The van der Waals surface area contributed by atoms with E-state index >= 15 is 0 Å². The predicted molar refractivity (Wildman–Crippen MR) is 106 cm³/mol. The third kappa shape index (κ3) is 5.07. The van der Waals surface area contributed by atoms with Crippen LogP contribution < -0.4 is 15.1 Å². The van der Waals surface area contributed by atoms with Crippen molar-refractivity contribution in [1.82, 2.24) is 5.32 Å². The van der Waals surface area contributed by atoms with Gasteiger partial charge in [0, 0.05) is 26.6 Å². The highest BCUT2D eigenvalue weighted by molar-refractivity contribution is 6.00. The van der Waals surface area contributed by atoms with Crippen molar-refractivity contribution in [2.75, 3.05) is 42.6 Å². The van der Waals surface area contributed by atoms with Crippen LogP contribution in [0.15, 0.2) is 48.5 Å². The lowest BCUT2D eigenvalue weighted by Crippen LogP contribution is -2.42. The molecule has 1 fully saturated rings. The minimum atomic E-state index is -0.322. The zero-order valence-corrected chi connectivity index (χ0v) is 15.9. The molecule has 3 rings (SSSR count). The molecule has 2 aromatic rings. The molecule has 148 valence electrons. The van der Waals surface area contributed by atoms with Gasteiger partial charge in [-0.25, -0.2) is 4.39 Å². The molecule has 0 bridgehead atoms. The molecular weight excluding hydrogens is 361 g/mol. The van der Waals surface area contributed by atoms with Crippen LogP contribution in [-0.2, 0) is 20.9 Å². The summed E-state index contributed by atoms with van der Waals surface area (Å²) < 4.78 is 18.4. The number of carbonyl (C=O) groups is 2. The largest absolute Gasteiger partial charge is 0.378 e. The second-order valence-corrected chi connectivity index (χ2v) is 6.60. The van der Waals surface area contributed by atoms with Crippen LogP contribution in [0.3, 0.4) is 0 Å². The third-order valence-electron chi connectivity index (χ3n) is 4.61. The molecule has 0 aromatic heterocycles. The zero-order chi connectivity index (χ0) is 19.9. The van der Waals surface area contributed by atoms with E-state index in [9.17, 15) is 14.0 Å². The highest BCUT2D eigenvalue weighted by Gasteiger charge is 2.22. The summed E-state index contributed by atoms with van der Waals surface area (Å²) in [7, 11) is 0. The molecule has 1 aliphatic rings. The van der Waals surface area contributed by atoms with E-state index in [0.717, 1.165) is 24.3 Å². The normalized spacial score (nSPS) is 13.9. The number of halogens is 1. The highest BCUT2D eigenvalue weighted by atomic mass is 19.1. The van der Waals surface area contributed by atoms with Crippen LogP contribution in [0.2, 0.25) is 0 Å². The van der Waals surface area contributed by atoms with Gasteiger partial charge in [0.1, 0.15) is 12.4 Å². The molecule has 28 heavy (non-hydrogen) atoms. The van der Waals surface area contributed by atoms with E-state index in [1.54, 1.807) is 12.1 Å². The maximum atomic E-state index is 13.0. The number of morpholine rings is 1. The molecule has 1 N–H and O–H groups in total. The summed E-state index contributed by atoms with van der Waals surface area (Å²) in [6.45, 7) is 4.37. The fourth-order valence-corrected chi connectivity index (χ4v) is 3.13. The van der Waals surface area contributed by atoms with E-state index in [-0.39, 0.29) is 30.7 Å². The SMILES string of the molecule is CC(=O)N(CC(=O)NCc1ccc(F)cc1)c1ccccc1N1CCOCC1. The topological polar surface area (TPSA) is 61.9 Å². The first kappa shape index (κ1) is 19.8. The molecule has 0 unspecified atom stereocenters. The molecular formula is C21H24FN3O3. The van der Waals surface area contributed by atoms with Gasteiger partial charge in [-0.3, -0.25) is 9.59 Å². The van der Waals surface area contributed by atoms with Gasteiger partial charge in [-0.2, -0.15) is 0 Å². The molecule has 0 atom stereocenters. The number of anilines is 2. The first-order chi connectivity index (χ1) is 13.5. The van der Waals surface area contributed by atoms with Crippen molar-refractivity contribution in [1.29, 1.82) is 0 Å². The molecule has 0 saturated carbocycles. The van der Waals surface area contributed by atoms with Crippen LogP contribution in [-0.4, -0.2) is 44.7 Å². The Kier molecular flexibility index (Phi) is 6.60. The van der Waals surface area contributed by atoms with Gasteiger partial charge in [-0.05, 0) is 29.8 Å². The predicted octanol–water partition coefficient (Wildman–Crippen LogP) is 2.33. The molecule has 6 nitrogen and oxygen atoms in total. The molecule has 1 saturated heterocycles. The van der Waals surface area contributed by atoms with E-state index in [0.29, 0.717) is 18.9 Å². The Hall–Kier alpha value is -2.93. The average Bonchev–Trinajstić information content (AvgIpc) is 2.72. The summed E-state index contributed by atoms with van der Waals surface area (Å²) in [4.78, 5) is 28.4. The molecule has 2 amide bonds. The Labute approximate surface area is 163 Å². The maximum Gasteiger partial charge on any atom is 0.240 e. The molecule has 1 aliphatic heterocycles. The third-order valence-corrected chi connectivity index (χ3v) is 4.61. The summed E-state index contributed by atoms with van der Waals surface area (Å²) >= 11 is 0. The average molecular weight is 385 g/mol. The van der Waals surface area contributed by atoms with Crippen LogP contribution >= 0.6 is 0 Å². The van der Waals surface area contributed by atoms with Gasteiger partial charge >= 0.3 is 0 Å². The van der Waals surface area contributed by atoms with Crippen molar-refractivity contribution in [3.05, 3.63) is 59.9 Å². The smallest absolute Gasteiger partial charge is 0.240 e. The van der Waals surface area contributed by atoms with Crippen molar-refractivity contribution < 1.29 is 18.7 Å². The van der Waals surface area contributed by atoms with Crippen LogP contribution in [0.25, 0.3) is 0 Å². The van der Waals surface area contributed by atoms with E-state index in [2.05, 4.69) is 10.2 Å². The summed E-state index contributed by atoms with van der Waals surface area (Å²) in [6, 6.07) is 13.5.